The standard InChI is InChI=1S/C23H31N3O5/c1-5-31-19-17(26(28)29)6-15(7-18(19)30-4)11-24-25-20(27)23-10-16-8-21(2,13-23)12-22(3,9-16)14-23/h6-7,11,16H,5,8-10,12-14H2,1-4H3,(H,25,27)/b24-11+. The van der Waals surface area contributed by atoms with E-state index in [1.54, 1.807) is 13.0 Å². The van der Waals surface area contributed by atoms with E-state index < -0.39 is 4.92 Å². The zero-order valence-corrected chi connectivity index (χ0v) is 18.7. The van der Waals surface area contributed by atoms with Crippen LogP contribution in [0.5, 0.6) is 11.5 Å². The molecule has 0 heterocycles. The molecule has 1 N–H and O–H groups in total. The van der Waals surface area contributed by atoms with Gasteiger partial charge in [0.05, 0.1) is 30.3 Å². The number of hydrogen-bond donors (Lipinski definition) is 1. The monoisotopic (exact) mass is 429 g/mol. The van der Waals surface area contributed by atoms with Crippen molar-refractivity contribution in [2.75, 3.05) is 13.7 Å². The molecule has 0 aliphatic heterocycles. The second-order valence-electron chi connectivity index (χ2n) is 10.4. The van der Waals surface area contributed by atoms with E-state index in [2.05, 4.69) is 24.4 Å². The van der Waals surface area contributed by atoms with Gasteiger partial charge in [-0.05, 0) is 68.3 Å². The number of benzene rings is 1. The topological polar surface area (TPSA) is 103 Å². The summed E-state index contributed by atoms with van der Waals surface area (Å²) in [6.07, 6.45) is 7.82. The third kappa shape index (κ3) is 3.88. The van der Waals surface area contributed by atoms with Crippen LogP contribution in [0.25, 0.3) is 0 Å². The van der Waals surface area contributed by atoms with Crippen molar-refractivity contribution in [3.63, 3.8) is 0 Å². The maximum absolute atomic E-state index is 13.2. The van der Waals surface area contributed by atoms with Gasteiger partial charge in [0.1, 0.15) is 0 Å². The Morgan fingerprint density at radius 1 is 1.26 bits per heavy atom. The van der Waals surface area contributed by atoms with Gasteiger partial charge in [0, 0.05) is 11.6 Å². The Hall–Kier alpha value is -2.64. The van der Waals surface area contributed by atoms with Gasteiger partial charge in [-0.1, -0.05) is 13.8 Å². The van der Waals surface area contributed by atoms with E-state index in [4.69, 9.17) is 9.47 Å². The summed E-state index contributed by atoms with van der Waals surface area (Å²) in [6.45, 7) is 6.68. The first-order valence-corrected chi connectivity index (χ1v) is 10.9. The minimum atomic E-state index is -0.514. The molecule has 0 saturated heterocycles. The van der Waals surface area contributed by atoms with Gasteiger partial charge in [-0.2, -0.15) is 5.10 Å². The number of hydrogen-bond acceptors (Lipinski definition) is 6. The predicted octanol–water partition coefficient (Wildman–Crippen LogP) is 4.45. The van der Waals surface area contributed by atoms with Gasteiger partial charge >= 0.3 is 5.69 Å². The van der Waals surface area contributed by atoms with Gasteiger partial charge in [0.25, 0.3) is 0 Å². The van der Waals surface area contributed by atoms with E-state index in [0.29, 0.717) is 11.5 Å². The minimum Gasteiger partial charge on any atom is -0.493 e. The molecular formula is C23H31N3O5. The van der Waals surface area contributed by atoms with Gasteiger partial charge in [-0.15, -0.1) is 0 Å². The molecule has 4 bridgehead atoms. The number of ether oxygens (including phenoxy) is 2. The van der Waals surface area contributed by atoms with E-state index >= 15 is 0 Å². The SMILES string of the molecule is CCOc1c(OC)cc(/C=N/NC(=O)C23CC4CC(C)(CC(C)(C4)C2)C3)cc1[N+](=O)[O-]. The molecule has 2 unspecified atom stereocenters. The summed E-state index contributed by atoms with van der Waals surface area (Å²) < 4.78 is 10.7. The molecule has 1 aromatic rings. The molecule has 0 spiro atoms. The summed E-state index contributed by atoms with van der Waals surface area (Å²) in [4.78, 5) is 24.2. The number of rotatable bonds is 7. The highest BCUT2D eigenvalue weighted by molar-refractivity contribution is 5.87. The fourth-order valence-electron chi connectivity index (χ4n) is 7.24. The Morgan fingerprint density at radius 2 is 1.94 bits per heavy atom. The third-order valence-corrected chi connectivity index (χ3v) is 7.25. The van der Waals surface area contributed by atoms with E-state index in [1.807, 2.05) is 0 Å². The summed E-state index contributed by atoms with van der Waals surface area (Å²) >= 11 is 0. The molecule has 1 aromatic carbocycles. The van der Waals surface area contributed by atoms with Gasteiger partial charge < -0.3 is 9.47 Å². The third-order valence-electron chi connectivity index (χ3n) is 7.25. The smallest absolute Gasteiger partial charge is 0.315 e. The summed E-state index contributed by atoms with van der Waals surface area (Å²) in [6, 6.07) is 2.98. The Labute approximate surface area is 182 Å². The molecular weight excluding hydrogens is 398 g/mol. The zero-order chi connectivity index (χ0) is 22.4. The molecule has 0 aromatic heterocycles. The molecule has 4 aliphatic carbocycles. The fourth-order valence-corrected chi connectivity index (χ4v) is 7.24. The van der Waals surface area contributed by atoms with Crippen LogP contribution < -0.4 is 14.9 Å². The molecule has 4 fully saturated rings. The van der Waals surface area contributed by atoms with Crippen LogP contribution in [0.2, 0.25) is 0 Å². The van der Waals surface area contributed by atoms with Crippen molar-refractivity contribution in [2.45, 2.75) is 59.3 Å². The lowest BCUT2D eigenvalue weighted by atomic mass is 9.40. The van der Waals surface area contributed by atoms with E-state index in [0.717, 1.165) is 19.3 Å². The number of hydrazone groups is 1. The number of amides is 1. The van der Waals surface area contributed by atoms with Gasteiger partial charge in [0.2, 0.25) is 11.7 Å². The van der Waals surface area contributed by atoms with Crippen LogP contribution in [-0.2, 0) is 4.79 Å². The van der Waals surface area contributed by atoms with Crippen molar-refractivity contribution in [1.29, 1.82) is 0 Å². The lowest BCUT2D eigenvalue weighted by Gasteiger charge is -2.64. The van der Waals surface area contributed by atoms with Gasteiger partial charge in [-0.25, -0.2) is 5.43 Å². The first-order valence-electron chi connectivity index (χ1n) is 10.9. The lowest BCUT2D eigenvalue weighted by Crippen LogP contribution is -2.59. The van der Waals surface area contributed by atoms with Crippen molar-refractivity contribution in [1.82, 2.24) is 5.43 Å². The number of nitro groups is 1. The number of carbonyl (C=O) groups excluding carboxylic acids is 1. The molecule has 4 aliphatic rings. The Bertz CT molecular complexity index is 925. The van der Waals surface area contributed by atoms with Gasteiger partial charge in [-0.3, -0.25) is 14.9 Å². The highest BCUT2D eigenvalue weighted by Gasteiger charge is 2.62. The predicted molar refractivity (Wildman–Crippen MR) is 116 cm³/mol. The summed E-state index contributed by atoms with van der Waals surface area (Å²) in [5, 5.41) is 15.6. The van der Waals surface area contributed by atoms with Crippen molar-refractivity contribution >= 4 is 17.8 Å². The lowest BCUT2D eigenvalue weighted by molar-refractivity contribution is -0.385. The van der Waals surface area contributed by atoms with Crippen molar-refractivity contribution in [3.8, 4) is 11.5 Å². The molecule has 4 saturated carbocycles. The minimum absolute atomic E-state index is 0.0299. The largest absolute Gasteiger partial charge is 0.493 e. The number of nitrogens with zero attached hydrogens (tertiary/aromatic N) is 2. The van der Waals surface area contributed by atoms with E-state index in [-0.39, 0.29) is 45.9 Å². The number of nitrogens with one attached hydrogen (secondary N) is 1. The number of nitro benzene ring substituents is 1. The number of carbonyl (C=O) groups is 1. The van der Waals surface area contributed by atoms with Crippen molar-refractivity contribution in [3.05, 3.63) is 27.8 Å². The maximum Gasteiger partial charge on any atom is 0.315 e. The summed E-state index contributed by atoms with van der Waals surface area (Å²) in [7, 11) is 1.43. The Kier molecular flexibility index (Phi) is 5.22. The second-order valence-corrected chi connectivity index (χ2v) is 10.4. The molecule has 1 amide bonds. The van der Waals surface area contributed by atoms with E-state index in [9.17, 15) is 14.9 Å². The van der Waals surface area contributed by atoms with Crippen LogP contribution in [-0.4, -0.2) is 30.8 Å². The van der Waals surface area contributed by atoms with Gasteiger partial charge in [0.15, 0.2) is 5.75 Å². The summed E-state index contributed by atoms with van der Waals surface area (Å²) in [5.41, 5.74) is 3.10. The average Bonchev–Trinajstić information content (AvgIpc) is 2.65. The van der Waals surface area contributed by atoms with Crippen LogP contribution in [0.4, 0.5) is 5.69 Å². The fraction of sp³-hybridized carbons (Fsp3) is 0.652. The molecule has 31 heavy (non-hydrogen) atoms. The second kappa shape index (κ2) is 7.50. The molecule has 5 rings (SSSR count). The van der Waals surface area contributed by atoms with Crippen LogP contribution in [0, 0.1) is 32.3 Å². The quantitative estimate of drug-likeness (QED) is 0.392. The molecule has 0 radical (unpaired) electrons. The Balaban J connectivity index is 1.53. The normalized spacial score (nSPS) is 33.5. The molecule has 168 valence electrons. The molecule has 8 nitrogen and oxygen atoms in total. The van der Waals surface area contributed by atoms with Crippen LogP contribution in [0.3, 0.4) is 0 Å². The molecule has 2 atom stereocenters. The van der Waals surface area contributed by atoms with Crippen LogP contribution >= 0.6 is 0 Å². The number of methoxy groups -OCH3 is 1. The maximum atomic E-state index is 13.2. The highest BCUT2D eigenvalue weighted by Crippen LogP contribution is 2.69. The highest BCUT2D eigenvalue weighted by atomic mass is 16.6. The van der Waals surface area contributed by atoms with E-state index in [1.165, 1.54) is 38.7 Å². The first-order chi connectivity index (χ1) is 14.6. The van der Waals surface area contributed by atoms with Crippen LogP contribution in [0.15, 0.2) is 17.2 Å². The average molecular weight is 430 g/mol. The molecule has 8 heteroatoms. The Morgan fingerprint density at radius 3 is 2.48 bits per heavy atom. The summed E-state index contributed by atoms with van der Waals surface area (Å²) in [5.74, 6) is 0.925. The van der Waals surface area contributed by atoms with Crippen molar-refractivity contribution in [2.24, 2.45) is 27.3 Å². The van der Waals surface area contributed by atoms with Crippen molar-refractivity contribution < 1.29 is 19.2 Å². The first kappa shape index (κ1) is 21.6. The van der Waals surface area contributed by atoms with Crippen LogP contribution in [0.1, 0.15) is 64.9 Å². The zero-order valence-electron chi connectivity index (χ0n) is 18.7.